The quantitative estimate of drug-likeness (QED) is 0.880. The van der Waals surface area contributed by atoms with Gasteiger partial charge in [-0.15, -0.1) is 0 Å². The van der Waals surface area contributed by atoms with E-state index in [9.17, 15) is 0 Å². The second-order valence-corrected chi connectivity index (χ2v) is 6.68. The summed E-state index contributed by atoms with van der Waals surface area (Å²) in [6, 6.07) is 10.9. The van der Waals surface area contributed by atoms with Crippen LogP contribution in [0.25, 0.3) is 0 Å². The van der Waals surface area contributed by atoms with E-state index in [1.165, 1.54) is 15.6 Å². The smallest absolute Gasteiger partial charge is 0.0167 e. The fourth-order valence-electron chi connectivity index (χ4n) is 2.11. The van der Waals surface area contributed by atoms with Gasteiger partial charge in [-0.1, -0.05) is 0 Å². The van der Waals surface area contributed by atoms with Crippen molar-refractivity contribution in [3.63, 3.8) is 0 Å². The SMILES string of the molecule is CC1=C(C)C(C)[C]([Cr][c]2ccccc2)=C1C.CNC. The average Bonchev–Trinajstić information content (AvgIpc) is 2.59. The van der Waals surface area contributed by atoms with Crippen molar-refractivity contribution in [1.29, 1.82) is 0 Å². The fraction of sp³-hybridized carbons (Fsp3) is 0.412. The summed E-state index contributed by atoms with van der Waals surface area (Å²) < 4.78 is 3.15. The second-order valence-electron chi connectivity index (χ2n) is 4.93. The average molecular weight is 295 g/mol. The van der Waals surface area contributed by atoms with Gasteiger partial charge >= 0.3 is 105 Å². The summed E-state index contributed by atoms with van der Waals surface area (Å²) in [5.41, 5.74) is 4.61. The van der Waals surface area contributed by atoms with Crippen LogP contribution in [0, 0.1) is 5.92 Å². The molecule has 0 aliphatic heterocycles. The molecule has 19 heavy (non-hydrogen) atoms. The Kier molecular flexibility index (Phi) is 6.59. The molecule has 2 rings (SSSR count). The third kappa shape index (κ3) is 4.08. The monoisotopic (exact) mass is 295 g/mol. The van der Waals surface area contributed by atoms with Crippen LogP contribution in [0.2, 0.25) is 0 Å². The molecule has 1 unspecified atom stereocenters. The molecule has 0 heterocycles. The molecule has 1 nitrogen and oxygen atoms in total. The third-order valence-corrected chi connectivity index (χ3v) is 5.70. The number of allylic oxidation sites excluding steroid dienone is 4. The molecule has 0 aromatic heterocycles. The van der Waals surface area contributed by atoms with E-state index < -0.39 is 0 Å². The van der Waals surface area contributed by atoms with E-state index >= 15 is 0 Å². The van der Waals surface area contributed by atoms with Gasteiger partial charge in [0.1, 0.15) is 0 Å². The zero-order valence-corrected chi connectivity index (χ0v) is 14.1. The van der Waals surface area contributed by atoms with E-state index in [4.69, 9.17) is 0 Å². The first-order valence-electron chi connectivity index (χ1n) is 6.72. The Balaban J connectivity index is 0.000000550. The summed E-state index contributed by atoms with van der Waals surface area (Å²) in [7, 11) is 3.75. The zero-order chi connectivity index (χ0) is 14.4. The fourth-order valence-corrected chi connectivity index (χ4v) is 3.99. The van der Waals surface area contributed by atoms with E-state index in [1.807, 2.05) is 14.1 Å². The van der Waals surface area contributed by atoms with Crippen LogP contribution in [-0.2, 0) is 15.2 Å². The normalized spacial score (nSPS) is 18.5. The Labute approximate surface area is 124 Å². The van der Waals surface area contributed by atoms with Crippen molar-refractivity contribution < 1.29 is 15.2 Å². The number of hydrogen-bond acceptors (Lipinski definition) is 1. The largest absolute Gasteiger partial charge is 0.323 e. The predicted molar refractivity (Wildman–Crippen MR) is 81.3 cm³/mol. The molecule has 0 amide bonds. The van der Waals surface area contributed by atoms with E-state index in [0.717, 1.165) is 0 Å². The standard InChI is InChI=1S/C9H13.C6H5.C2H7N.Cr/c1-6-5-7(2)9(4)8(6)3;1-2-4-6-5-3-1;1-3-2;/h6H,1-4H3;1-5H;3H,1-2H3;. The molecule has 1 aliphatic rings. The minimum atomic E-state index is 0.490. The van der Waals surface area contributed by atoms with Crippen LogP contribution in [0.3, 0.4) is 0 Å². The molecule has 0 fully saturated rings. The number of nitrogens with one attached hydrogen (secondary N) is 1. The topological polar surface area (TPSA) is 12.0 Å². The summed E-state index contributed by atoms with van der Waals surface area (Å²) >= 11 is 0.490. The maximum Gasteiger partial charge on any atom is -0.0167 e. The Morgan fingerprint density at radius 3 is 1.89 bits per heavy atom. The van der Waals surface area contributed by atoms with Crippen molar-refractivity contribution in [2.24, 2.45) is 5.92 Å². The van der Waals surface area contributed by atoms with Crippen molar-refractivity contribution in [2.45, 2.75) is 27.7 Å². The molecule has 0 radical (unpaired) electrons. The van der Waals surface area contributed by atoms with Crippen molar-refractivity contribution in [3.05, 3.63) is 51.5 Å². The van der Waals surface area contributed by atoms with Gasteiger partial charge < -0.3 is 5.32 Å². The first kappa shape index (κ1) is 16.2. The van der Waals surface area contributed by atoms with Crippen molar-refractivity contribution in [1.82, 2.24) is 5.32 Å². The number of hydrogen-bond donors (Lipinski definition) is 1. The second kappa shape index (κ2) is 7.70. The molecule has 0 saturated heterocycles. The van der Waals surface area contributed by atoms with Crippen molar-refractivity contribution >= 4 is 4.43 Å². The van der Waals surface area contributed by atoms with Crippen molar-refractivity contribution in [3.8, 4) is 0 Å². The Bertz CT molecular complexity index is 471. The third-order valence-electron chi connectivity index (χ3n) is 3.54. The predicted octanol–water partition coefficient (Wildman–Crippen LogP) is 3.49. The van der Waals surface area contributed by atoms with Gasteiger partial charge in [0.05, 0.1) is 0 Å². The van der Waals surface area contributed by atoms with Crippen molar-refractivity contribution in [2.75, 3.05) is 14.1 Å². The van der Waals surface area contributed by atoms with Gasteiger partial charge in [0.15, 0.2) is 0 Å². The summed E-state index contributed by atoms with van der Waals surface area (Å²) in [4.78, 5) is 0. The van der Waals surface area contributed by atoms with Gasteiger partial charge in [0.2, 0.25) is 0 Å². The van der Waals surface area contributed by atoms with E-state index in [0.29, 0.717) is 21.1 Å². The summed E-state index contributed by atoms with van der Waals surface area (Å²) in [6.45, 7) is 9.16. The van der Waals surface area contributed by atoms with E-state index in [1.54, 1.807) is 10.0 Å². The van der Waals surface area contributed by atoms with Gasteiger partial charge in [-0.3, -0.25) is 0 Å². The molecule has 0 bridgehead atoms. The number of benzene rings is 1. The molecule has 0 spiro atoms. The summed E-state index contributed by atoms with van der Waals surface area (Å²) in [5.74, 6) is 0.653. The molecular weight excluding hydrogens is 270 g/mol. The van der Waals surface area contributed by atoms with E-state index in [-0.39, 0.29) is 0 Å². The molecule has 1 atom stereocenters. The molecule has 1 aromatic rings. The maximum absolute atomic E-state index is 2.75. The Morgan fingerprint density at radius 2 is 1.47 bits per heavy atom. The van der Waals surface area contributed by atoms with Gasteiger partial charge in [-0.25, -0.2) is 0 Å². The minimum Gasteiger partial charge on any atom is -0.323 e. The Morgan fingerprint density at radius 1 is 0.947 bits per heavy atom. The summed E-state index contributed by atoms with van der Waals surface area (Å²) in [6.07, 6.45) is 0. The van der Waals surface area contributed by atoms with Crippen LogP contribution in [0.1, 0.15) is 27.7 Å². The molecule has 1 aliphatic carbocycles. The van der Waals surface area contributed by atoms with Gasteiger partial charge in [-0.05, 0) is 14.1 Å². The minimum absolute atomic E-state index is 0.490. The molecule has 2 heteroatoms. The molecule has 1 aromatic carbocycles. The van der Waals surface area contributed by atoms with Crippen LogP contribution >= 0.6 is 0 Å². The van der Waals surface area contributed by atoms with Crippen LogP contribution in [0.5, 0.6) is 0 Å². The summed E-state index contributed by atoms with van der Waals surface area (Å²) in [5, 5.41) is 2.75. The molecule has 1 N–H and O–H groups in total. The first-order valence-corrected chi connectivity index (χ1v) is 8.00. The Hall–Kier alpha value is -0.808. The van der Waals surface area contributed by atoms with Gasteiger partial charge in [-0.2, -0.15) is 0 Å². The number of rotatable bonds is 2. The van der Waals surface area contributed by atoms with Gasteiger partial charge in [0, 0.05) is 0 Å². The van der Waals surface area contributed by atoms with E-state index in [2.05, 4.69) is 63.3 Å². The molecule has 104 valence electrons. The van der Waals surface area contributed by atoms with Crippen LogP contribution in [0.15, 0.2) is 51.5 Å². The van der Waals surface area contributed by atoms with Gasteiger partial charge in [0.25, 0.3) is 0 Å². The van der Waals surface area contributed by atoms with Crippen LogP contribution in [-0.4, -0.2) is 14.1 Å². The molecular formula is C17H25CrN. The maximum atomic E-state index is 2.75. The zero-order valence-electron chi connectivity index (χ0n) is 12.9. The van der Waals surface area contributed by atoms with Crippen LogP contribution < -0.4 is 9.74 Å². The first-order chi connectivity index (χ1) is 9.02. The van der Waals surface area contributed by atoms with Crippen LogP contribution in [0.4, 0.5) is 0 Å². The molecule has 0 saturated carbocycles.